The van der Waals surface area contributed by atoms with E-state index in [9.17, 15) is 0 Å². The van der Waals surface area contributed by atoms with Gasteiger partial charge in [-0.2, -0.15) is 0 Å². The minimum atomic E-state index is 0. The normalized spacial score (nSPS) is 11.7. The second kappa shape index (κ2) is 11.5. The van der Waals surface area contributed by atoms with Crippen LogP contribution < -0.4 is 24.3 Å². The summed E-state index contributed by atoms with van der Waals surface area (Å²) in [6, 6.07) is 17.3. The van der Waals surface area contributed by atoms with Crippen LogP contribution in [0.2, 0.25) is 10.0 Å². The fourth-order valence-corrected chi connectivity index (χ4v) is 3.68. The third-order valence-electron chi connectivity index (χ3n) is 4.76. The molecule has 0 amide bonds. The number of hydrogen-bond acceptors (Lipinski definition) is 5. The molecule has 0 saturated heterocycles. The highest BCUT2D eigenvalue weighted by molar-refractivity contribution is 6.32. The highest BCUT2D eigenvalue weighted by atomic mass is 35.5. The summed E-state index contributed by atoms with van der Waals surface area (Å²) < 4.78 is 22.5. The molecule has 1 aliphatic heterocycles. The van der Waals surface area contributed by atoms with Gasteiger partial charge in [0.05, 0.1) is 11.6 Å². The largest absolute Gasteiger partial charge is 0.490 e. The first-order valence-corrected chi connectivity index (χ1v) is 10.8. The molecule has 0 spiro atoms. The highest BCUT2D eigenvalue weighted by Crippen LogP contribution is 2.37. The lowest BCUT2D eigenvalue weighted by atomic mass is 10.1. The van der Waals surface area contributed by atoms with Gasteiger partial charge in [0, 0.05) is 18.1 Å². The number of rotatable bonds is 9. The Balaban J connectivity index is 0.00000289. The number of halogens is 3. The van der Waals surface area contributed by atoms with E-state index in [1.54, 1.807) is 0 Å². The highest BCUT2D eigenvalue weighted by Gasteiger charge is 2.15. The van der Waals surface area contributed by atoms with E-state index in [1.807, 2.05) is 61.5 Å². The summed E-state index contributed by atoms with van der Waals surface area (Å²) in [6.07, 6.45) is 0. The van der Waals surface area contributed by atoms with Crippen LogP contribution in [0.15, 0.2) is 54.6 Å². The maximum absolute atomic E-state index is 6.54. The first kappa shape index (κ1) is 24.3. The predicted molar refractivity (Wildman–Crippen MR) is 129 cm³/mol. The van der Waals surface area contributed by atoms with Crippen molar-refractivity contribution in [2.24, 2.45) is 0 Å². The third kappa shape index (κ3) is 6.14. The lowest BCUT2D eigenvalue weighted by molar-refractivity contribution is 0.174. The van der Waals surface area contributed by atoms with Crippen molar-refractivity contribution in [1.82, 2.24) is 5.32 Å². The second-order valence-electron chi connectivity index (χ2n) is 7.04. The van der Waals surface area contributed by atoms with Crippen molar-refractivity contribution in [2.75, 3.05) is 13.4 Å². The molecule has 0 fully saturated rings. The van der Waals surface area contributed by atoms with Gasteiger partial charge in [-0.15, -0.1) is 12.4 Å². The van der Waals surface area contributed by atoms with Crippen LogP contribution in [0, 0.1) is 0 Å². The Labute approximate surface area is 203 Å². The van der Waals surface area contributed by atoms with Gasteiger partial charge in [0.1, 0.15) is 6.61 Å². The first-order chi connectivity index (χ1) is 15.1. The second-order valence-corrected chi connectivity index (χ2v) is 7.89. The summed E-state index contributed by atoms with van der Waals surface area (Å²) >= 11 is 12.5. The van der Waals surface area contributed by atoms with E-state index in [2.05, 4.69) is 5.32 Å². The quantitative estimate of drug-likeness (QED) is 0.371. The van der Waals surface area contributed by atoms with Gasteiger partial charge < -0.3 is 24.3 Å². The molecule has 0 aliphatic carbocycles. The smallest absolute Gasteiger partial charge is 0.231 e. The van der Waals surface area contributed by atoms with Gasteiger partial charge >= 0.3 is 0 Å². The molecule has 4 rings (SSSR count). The van der Waals surface area contributed by atoms with Gasteiger partial charge in [-0.05, 0) is 60.0 Å². The van der Waals surface area contributed by atoms with Crippen molar-refractivity contribution in [3.05, 3.63) is 81.3 Å². The molecule has 3 aromatic rings. The van der Waals surface area contributed by atoms with Crippen molar-refractivity contribution < 1.29 is 18.9 Å². The Bertz CT molecular complexity index is 1040. The minimum Gasteiger partial charge on any atom is -0.490 e. The molecule has 0 aromatic heterocycles. The monoisotopic (exact) mass is 495 g/mol. The Morgan fingerprint density at radius 1 is 0.844 bits per heavy atom. The lowest BCUT2D eigenvalue weighted by Crippen LogP contribution is -2.13. The molecule has 0 atom stereocenters. The van der Waals surface area contributed by atoms with E-state index in [0.29, 0.717) is 47.8 Å². The van der Waals surface area contributed by atoms with Crippen LogP contribution in [0.1, 0.15) is 23.6 Å². The van der Waals surface area contributed by atoms with Crippen LogP contribution in [-0.2, 0) is 19.7 Å². The minimum absolute atomic E-state index is 0. The molecule has 0 unspecified atom stereocenters. The zero-order valence-electron chi connectivity index (χ0n) is 17.5. The molecule has 0 bridgehead atoms. The third-order valence-corrected chi connectivity index (χ3v) is 5.29. The summed E-state index contributed by atoms with van der Waals surface area (Å²) in [5.74, 6) is 2.73. The van der Waals surface area contributed by atoms with Crippen LogP contribution >= 0.6 is 35.6 Å². The zero-order valence-corrected chi connectivity index (χ0v) is 19.9. The van der Waals surface area contributed by atoms with Crippen molar-refractivity contribution in [1.29, 1.82) is 0 Å². The Hall–Kier alpha value is -2.31. The Kier molecular flexibility index (Phi) is 8.76. The molecule has 3 aromatic carbocycles. The van der Waals surface area contributed by atoms with Crippen molar-refractivity contribution in [3.8, 4) is 23.0 Å². The van der Waals surface area contributed by atoms with Gasteiger partial charge in [0.2, 0.25) is 6.79 Å². The summed E-state index contributed by atoms with van der Waals surface area (Å²) in [6.45, 7) is 4.41. The molecule has 170 valence electrons. The molecule has 0 saturated carbocycles. The average molecular weight is 497 g/mol. The fourth-order valence-electron chi connectivity index (χ4n) is 3.26. The maximum Gasteiger partial charge on any atom is 0.231 e. The van der Waals surface area contributed by atoms with E-state index in [-0.39, 0.29) is 19.2 Å². The van der Waals surface area contributed by atoms with E-state index < -0.39 is 0 Å². The zero-order chi connectivity index (χ0) is 21.6. The maximum atomic E-state index is 6.54. The Morgan fingerprint density at radius 2 is 1.56 bits per heavy atom. The Morgan fingerprint density at radius 3 is 2.34 bits per heavy atom. The van der Waals surface area contributed by atoms with Gasteiger partial charge in [0.25, 0.3) is 0 Å². The van der Waals surface area contributed by atoms with Crippen molar-refractivity contribution >= 4 is 35.6 Å². The number of benzene rings is 3. The molecule has 1 aliphatic rings. The van der Waals surface area contributed by atoms with Crippen LogP contribution in [0.3, 0.4) is 0 Å². The van der Waals surface area contributed by atoms with Crippen molar-refractivity contribution in [2.45, 2.75) is 26.6 Å². The van der Waals surface area contributed by atoms with Gasteiger partial charge in [-0.25, -0.2) is 0 Å². The molecule has 1 heterocycles. The van der Waals surface area contributed by atoms with Crippen LogP contribution in [0.4, 0.5) is 0 Å². The van der Waals surface area contributed by atoms with Crippen LogP contribution in [0.25, 0.3) is 0 Å². The molecule has 1 N–H and O–H groups in total. The first-order valence-electron chi connectivity index (χ1n) is 10.0. The van der Waals surface area contributed by atoms with Crippen molar-refractivity contribution in [3.63, 3.8) is 0 Å². The molecule has 8 heteroatoms. The molecule has 32 heavy (non-hydrogen) atoms. The van der Waals surface area contributed by atoms with E-state index in [0.717, 1.165) is 28.2 Å². The number of ether oxygens (including phenoxy) is 4. The molecular weight excluding hydrogens is 473 g/mol. The molecule has 0 radical (unpaired) electrons. The summed E-state index contributed by atoms with van der Waals surface area (Å²) in [7, 11) is 0. The lowest BCUT2D eigenvalue weighted by Gasteiger charge is -2.16. The number of fused-ring (bicyclic) bond motifs is 1. The summed E-state index contributed by atoms with van der Waals surface area (Å²) in [5, 5.41) is 4.63. The van der Waals surface area contributed by atoms with Gasteiger partial charge in [-0.3, -0.25) is 0 Å². The van der Waals surface area contributed by atoms with E-state index in [1.165, 1.54) is 0 Å². The summed E-state index contributed by atoms with van der Waals surface area (Å²) in [4.78, 5) is 0. The van der Waals surface area contributed by atoms with E-state index in [4.69, 9.17) is 42.1 Å². The van der Waals surface area contributed by atoms with Crippen LogP contribution in [-0.4, -0.2) is 13.4 Å². The predicted octanol–water partition coefficient (Wildman–Crippen LogP) is 6.41. The SMILES string of the molecule is CCOc1cc(CNCc2ccc3c(c2)OCO3)cc(Cl)c1OCc1ccc(Cl)cc1.Cl. The van der Waals surface area contributed by atoms with E-state index >= 15 is 0 Å². The number of hydrogen-bond donors (Lipinski definition) is 1. The van der Waals surface area contributed by atoms with Crippen LogP contribution in [0.5, 0.6) is 23.0 Å². The van der Waals surface area contributed by atoms with Gasteiger partial charge in [-0.1, -0.05) is 41.4 Å². The van der Waals surface area contributed by atoms with Gasteiger partial charge in [0.15, 0.2) is 23.0 Å². The average Bonchev–Trinajstić information content (AvgIpc) is 3.23. The fraction of sp³-hybridized carbons (Fsp3) is 0.250. The molecule has 5 nitrogen and oxygen atoms in total. The standard InChI is InChI=1S/C24H23Cl2NO4.ClH/c1-2-28-23-11-18(13-27-12-17-5-8-21-22(10-17)31-15-30-21)9-20(26)24(23)29-14-16-3-6-19(25)7-4-16;/h3-11,27H,2,12-15H2,1H3;1H. The topological polar surface area (TPSA) is 49.0 Å². The number of nitrogens with one attached hydrogen (secondary N) is 1. The summed E-state index contributed by atoms with van der Waals surface area (Å²) in [5.41, 5.74) is 3.12. The molecular formula is C24H24Cl3NO4.